The second-order valence-corrected chi connectivity index (χ2v) is 6.89. The molecule has 5 nitrogen and oxygen atoms in total. The third kappa shape index (κ3) is 3.29. The number of phenols is 1. The summed E-state index contributed by atoms with van der Waals surface area (Å²) in [4.78, 5) is 5.25. The molecular formula is C18H11BrN2O3S. The van der Waals surface area contributed by atoms with Gasteiger partial charge < -0.3 is 14.4 Å². The largest absolute Gasteiger partial charge is 0.507 e. The Labute approximate surface area is 155 Å². The fourth-order valence-electron chi connectivity index (χ4n) is 2.25. The van der Waals surface area contributed by atoms with E-state index in [1.54, 1.807) is 18.2 Å². The Balaban J connectivity index is 1.67. The highest BCUT2D eigenvalue weighted by atomic mass is 79.9. The fraction of sp³-hybridized carbons (Fsp3) is 0. The van der Waals surface area contributed by atoms with Crippen molar-refractivity contribution in [2.24, 2.45) is 0 Å². The Morgan fingerprint density at radius 3 is 2.64 bits per heavy atom. The van der Waals surface area contributed by atoms with E-state index < -0.39 is 0 Å². The molecule has 0 atom stereocenters. The lowest BCUT2D eigenvalue weighted by Gasteiger charge is -2.07. The van der Waals surface area contributed by atoms with E-state index in [9.17, 15) is 5.11 Å². The van der Waals surface area contributed by atoms with Crippen LogP contribution in [0.4, 0.5) is 0 Å². The average molecular weight is 415 g/mol. The predicted octanol–water partition coefficient (Wildman–Crippen LogP) is 5.73. The average Bonchev–Trinajstić information content (AvgIpc) is 3.26. The molecule has 0 aliphatic rings. The number of ether oxygens (including phenoxy) is 1. The molecule has 0 spiro atoms. The zero-order valence-corrected chi connectivity index (χ0v) is 15.1. The van der Waals surface area contributed by atoms with Crippen molar-refractivity contribution < 1.29 is 14.4 Å². The first kappa shape index (κ1) is 15.9. The second kappa shape index (κ2) is 6.70. The highest BCUT2D eigenvalue weighted by Crippen LogP contribution is 2.36. The van der Waals surface area contributed by atoms with E-state index in [0.717, 1.165) is 9.35 Å². The smallest absolute Gasteiger partial charge is 0.262 e. The van der Waals surface area contributed by atoms with Gasteiger partial charge >= 0.3 is 0 Å². The standard InChI is InChI=1S/C18H11BrN2O3S/c19-14-8-9-25-16(14)17-20-18(24-21-17)13-10-12(6-7-15(13)22)23-11-4-2-1-3-5-11/h1-10,22H. The maximum Gasteiger partial charge on any atom is 0.262 e. The summed E-state index contributed by atoms with van der Waals surface area (Å²) < 4.78 is 12.0. The number of thiophene rings is 1. The van der Waals surface area contributed by atoms with E-state index in [1.165, 1.54) is 11.3 Å². The van der Waals surface area contributed by atoms with Crippen molar-refractivity contribution in [2.45, 2.75) is 0 Å². The van der Waals surface area contributed by atoms with Crippen LogP contribution in [0.3, 0.4) is 0 Å². The molecule has 7 heteroatoms. The van der Waals surface area contributed by atoms with Crippen LogP contribution in [0.2, 0.25) is 0 Å². The van der Waals surface area contributed by atoms with Crippen molar-refractivity contribution in [3.63, 3.8) is 0 Å². The van der Waals surface area contributed by atoms with Gasteiger partial charge in [0.2, 0.25) is 5.82 Å². The second-order valence-electron chi connectivity index (χ2n) is 5.11. The molecule has 2 aromatic carbocycles. The molecule has 0 amide bonds. The van der Waals surface area contributed by atoms with E-state index in [-0.39, 0.29) is 11.6 Å². The van der Waals surface area contributed by atoms with Crippen molar-refractivity contribution in [1.29, 1.82) is 0 Å². The Hall–Kier alpha value is -2.64. The minimum atomic E-state index is 0.0425. The number of benzene rings is 2. The van der Waals surface area contributed by atoms with Crippen LogP contribution in [0.25, 0.3) is 22.2 Å². The van der Waals surface area contributed by atoms with Gasteiger partial charge in [0.1, 0.15) is 17.2 Å². The normalized spacial score (nSPS) is 10.8. The van der Waals surface area contributed by atoms with Crippen molar-refractivity contribution in [2.75, 3.05) is 0 Å². The molecule has 0 aliphatic carbocycles. The third-order valence-corrected chi connectivity index (χ3v) is 5.26. The first-order valence-corrected chi connectivity index (χ1v) is 9.01. The number of aromatic nitrogens is 2. The van der Waals surface area contributed by atoms with Gasteiger partial charge in [0.15, 0.2) is 0 Å². The number of hydrogen-bond acceptors (Lipinski definition) is 6. The Morgan fingerprint density at radius 2 is 1.88 bits per heavy atom. The van der Waals surface area contributed by atoms with E-state index in [4.69, 9.17) is 9.26 Å². The van der Waals surface area contributed by atoms with Crippen LogP contribution in [0.5, 0.6) is 17.2 Å². The van der Waals surface area contributed by atoms with E-state index in [1.807, 2.05) is 41.8 Å². The lowest BCUT2D eigenvalue weighted by Crippen LogP contribution is -1.86. The van der Waals surface area contributed by atoms with Crippen molar-refractivity contribution in [1.82, 2.24) is 10.1 Å². The summed E-state index contributed by atoms with van der Waals surface area (Å²) in [5, 5.41) is 16.1. The minimum Gasteiger partial charge on any atom is -0.507 e. The predicted molar refractivity (Wildman–Crippen MR) is 98.9 cm³/mol. The number of aromatic hydroxyl groups is 1. The molecule has 124 valence electrons. The monoisotopic (exact) mass is 414 g/mol. The number of phenolic OH excluding ortho intramolecular Hbond substituents is 1. The van der Waals surface area contributed by atoms with Gasteiger partial charge in [-0.1, -0.05) is 23.4 Å². The summed E-state index contributed by atoms with van der Waals surface area (Å²) in [6, 6.07) is 16.2. The van der Waals surface area contributed by atoms with E-state index in [2.05, 4.69) is 26.1 Å². The summed E-state index contributed by atoms with van der Waals surface area (Å²) in [6.07, 6.45) is 0. The lowest BCUT2D eigenvalue weighted by atomic mass is 10.2. The molecule has 0 aliphatic heterocycles. The first-order valence-electron chi connectivity index (χ1n) is 7.34. The first-order chi connectivity index (χ1) is 12.2. The van der Waals surface area contributed by atoms with Gasteiger partial charge in [0.25, 0.3) is 5.89 Å². The number of nitrogens with zero attached hydrogens (tertiary/aromatic N) is 2. The SMILES string of the molecule is Oc1ccc(Oc2ccccc2)cc1-c1nc(-c2sccc2Br)no1. The quantitative estimate of drug-likeness (QED) is 0.461. The van der Waals surface area contributed by atoms with Gasteiger partial charge in [-0.15, -0.1) is 11.3 Å². The highest BCUT2D eigenvalue weighted by molar-refractivity contribution is 9.10. The van der Waals surface area contributed by atoms with Gasteiger partial charge in [-0.25, -0.2) is 0 Å². The van der Waals surface area contributed by atoms with Crippen LogP contribution in [-0.2, 0) is 0 Å². The summed E-state index contributed by atoms with van der Waals surface area (Å²) in [6.45, 7) is 0. The Bertz CT molecular complexity index is 1010. The summed E-state index contributed by atoms with van der Waals surface area (Å²) >= 11 is 4.95. The summed E-state index contributed by atoms with van der Waals surface area (Å²) in [7, 11) is 0. The molecule has 0 saturated heterocycles. The van der Waals surface area contributed by atoms with Crippen LogP contribution >= 0.6 is 27.3 Å². The molecule has 25 heavy (non-hydrogen) atoms. The van der Waals surface area contributed by atoms with Crippen LogP contribution in [-0.4, -0.2) is 15.2 Å². The Morgan fingerprint density at radius 1 is 1.04 bits per heavy atom. The summed E-state index contributed by atoms with van der Waals surface area (Å²) in [5.74, 6) is 2.00. The maximum absolute atomic E-state index is 10.2. The van der Waals surface area contributed by atoms with Crippen LogP contribution in [0, 0.1) is 0 Å². The third-order valence-electron chi connectivity index (χ3n) is 3.42. The molecule has 2 aromatic heterocycles. The fourth-order valence-corrected chi connectivity index (χ4v) is 3.73. The van der Waals surface area contributed by atoms with E-state index in [0.29, 0.717) is 22.9 Å². The molecule has 0 bridgehead atoms. The number of para-hydroxylation sites is 1. The lowest BCUT2D eigenvalue weighted by molar-refractivity contribution is 0.424. The molecule has 0 fully saturated rings. The highest BCUT2D eigenvalue weighted by Gasteiger charge is 2.17. The molecule has 4 rings (SSSR count). The molecule has 4 aromatic rings. The van der Waals surface area contributed by atoms with Gasteiger partial charge in [-0.2, -0.15) is 4.98 Å². The maximum atomic E-state index is 10.2. The van der Waals surface area contributed by atoms with Crippen molar-refractivity contribution in [3.05, 3.63) is 64.5 Å². The van der Waals surface area contributed by atoms with Gasteiger partial charge in [0, 0.05) is 4.47 Å². The molecule has 2 heterocycles. The molecule has 1 N–H and O–H groups in total. The van der Waals surface area contributed by atoms with Gasteiger partial charge in [-0.05, 0) is 57.7 Å². The van der Waals surface area contributed by atoms with Crippen molar-refractivity contribution in [3.8, 4) is 39.4 Å². The van der Waals surface area contributed by atoms with Crippen molar-refractivity contribution >= 4 is 27.3 Å². The van der Waals surface area contributed by atoms with Gasteiger partial charge in [0.05, 0.1) is 10.4 Å². The van der Waals surface area contributed by atoms with Gasteiger partial charge in [-0.3, -0.25) is 0 Å². The Kier molecular flexibility index (Phi) is 4.25. The van der Waals surface area contributed by atoms with Crippen LogP contribution < -0.4 is 4.74 Å². The summed E-state index contributed by atoms with van der Waals surface area (Å²) in [5.41, 5.74) is 0.417. The number of hydrogen-bond donors (Lipinski definition) is 1. The number of halogens is 1. The number of rotatable bonds is 4. The molecular weight excluding hydrogens is 404 g/mol. The van der Waals surface area contributed by atoms with Crippen LogP contribution in [0.1, 0.15) is 0 Å². The zero-order valence-electron chi connectivity index (χ0n) is 12.7. The molecule has 0 saturated carbocycles. The van der Waals surface area contributed by atoms with E-state index >= 15 is 0 Å². The zero-order chi connectivity index (χ0) is 17.2. The molecule has 0 unspecified atom stereocenters. The molecule has 0 radical (unpaired) electrons. The van der Waals surface area contributed by atoms with Crippen LogP contribution in [0.15, 0.2) is 69.0 Å². The minimum absolute atomic E-state index is 0.0425. The topological polar surface area (TPSA) is 68.4 Å².